The number of hydrogen-bond acceptors (Lipinski definition) is 4. The highest BCUT2D eigenvalue weighted by atomic mass is 35.5. The topological polar surface area (TPSA) is 86.8 Å². The number of carbonyl (C=O) groups is 2. The highest BCUT2D eigenvalue weighted by Gasteiger charge is 2.34. The Morgan fingerprint density at radius 3 is 2.22 bits per heavy atom. The number of hydrogen-bond donors (Lipinski definition) is 1. The molecule has 7 nitrogen and oxygen atoms in total. The second-order valence-electron chi connectivity index (χ2n) is 9.86. The molecule has 0 unspecified atom stereocenters. The molecule has 0 saturated heterocycles. The molecule has 1 saturated carbocycles. The minimum atomic E-state index is -4.25. The average Bonchev–Trinajstić information content (AvgIpc) is 3.45. The van der Waals surface area contributed by atoms with Crippen molar-refractivity contribution in [2.75, 3.05) is 10.8 Å². The first-order valence-corrected chi connectivity index (χ1v) is 16.0. The Kier molecular flexibility index (Phi) is 10.5. The van der Waals surface area contributed by atoms with E-state index in [0.717, 1.165) is 30.0 Å². The van der Waals surface area contributed by atoms with Gasteiger partial charge in [0.1, 0.15) is 12.6 Å². The van der Waals surface area contributed by atoms with E-state index >= 15 is 0 Å². The van der Waals surface area contributed by atoms with Gasteiger partial charge in [-0.1, -0.05) is 83.5 Å². The van der Waals surface area contributed by atoms with Crippen molar-refractivity contribution in [3.63, 3.8) is 0 Å². The first-order valence-electron chi connectivity index (χ1n) is 13.0. The lowest BCUT2D eigenvalue weighted by Crippen LogP contribution is -2.52. The summed E-state index contributed by atoms with van der Waals surface area (Å²) < 4.78 is 28.6. The summed E-state index contributed by atoms with van der Waals surface area (Å²) in [4.78, 5) is 28.6. The molecule has 1 N–H and O–H groups in total. The Bertz CT molecular complexity index is 1520. The van der Waals surface area contributed by atoms with Crippen LogP contribution in [-0.2, 0) is 26.2 Å². The molecule has 3 aromatic carbocycles. The molecule has 0 aliphatic heterocycles. The van der Waals surface area contributed by atoms with Gasteiger partial charge in [-0.3, -0.25) is 13.9 Å². The van der Waals surface area contributed by atoms with Crippen LogP contribution in [0.25, 0.3) is 0 Å². The summed E-state index contributed by atoms with van der Waals surface area (Å²) in [6.07, 6.45) is 3.80. The van der Waals surface area contributed by atoms with Crippen molar-refractivity contribution in [2.24, 2.45) is 0 Å². The van der Waals surface area contributed by atoms with Crippen LogP contribution in [0.15, 0.2) is 71.6 Å². The van der Waals surface area contributed by atoms with Gasteiger partial charge in [0.2, 0.25) is 11.8 Å². The minimum absolute atomic E-state index is 0.0114. The zero-order valence-corrected chi connectivity index (χ0v) is 26.0. The Morgan fingerprint density at radius 1 is 0.902 bits per heavy atom. The van der Waals surface area contributed by atoms with Crippen molar-refractivity contribution in [3.8, 4) is 0 Å². The van der Waals surface area contributed by atoms with Crippen LogP contribution in [-0.4, -0.2) is 43.8 Å². The van der Waals surface area contributed by atoms with Gasteiger partial charge in [0.05, 0.1) is 25.7 Å². The van der Waals surface area contributed by atoms with Gasteiger partial charge in [-0.05, 0) is 67.8 Å². The van der Waals surface area contributed by atoms with E-state index in [0.29, 0.717) is 20.6 Å². The molecule has 0 aromatic heterocycles. The van der Waals surface area contributed by atoms with Crippen molar-refractivity contribution in [3.05, 3.63) is 92.4 Å². The second kappa shape index (κ2) is 13.7. The monoisotopic (exact) mass is 655 g/mol. The van der Waals surface area contributed by atoms with Crippen LogP contribution in [0, 0.1) is 0 Å². The molecule has 4 rings (SSSR count). The molecule has 1 aliphatic carbocycles. The normalized spacial score (nSPS) is 14.5. The third-order valence-corrected chi connectivity index (χ3v) is 10.0. The third-order valence-electron chi connectivity index (χ3n) is 6.99. The maximum Gasteiger partial charge on any atom is 0.264 e. The molecule has 41 heavy (non-hydrogen) atoms. The summed E-state index contributed by atoms with van der Waals surface area (Å²) in [5.41, 5.74) is 0.695. The molecule has 0 heterocycles. The quantitative estimate of drug-likeness (QED) is 0.255. The number of nitrogens with one attached hydrogen (secondary N) is 1. The predicted octanol–water partition coefficient (Wildman–Crippen LogP) is 6.97. The van der Waals surface area contributed by atoms with E-state index in [1.807, 2.05) is 0 Å². The Hall–Kier alpha value is -2.49. The zero-order chi connectivity index (χ0) is 29.7. The molecule has 1 fully saturated rings. The molecule has 0 bridgehead atoms. The van der Waals surface area contributed by atoms with Crippen molar-refractivity contribution < 1.29 is 18.0 Å². The number of benzene rings is 3. The van der Waals surface area contributed by atoms with Crippen LogP contribution < -0.4 is 9.62 Å². The van der Waals surface area contributed by atoms with Crippen molar-refractivity contribution >= 4 is 73.9 Å². The van der Waals surface area contributed by atoms with E-state index in [4.69, 9.17) is 46.4 Å². The van der Waals surface area contributed by atoms with Crippen LogP contribution in [0.3, 0.4) is 0 Å². The van der Waals surface area contributed by atoms with Crippen LogP contribution >= 0.6 is 46.4 Å². The number of halogens is 4. The number of amides is 2. The van der Waals surface area contributed by atoms with E-state index in [9.17, 15) is 18.0 Å². The largest absolute Gasteiger partial charge is 0.352 e. The van der Waals surface area contributed by atoms with Gasteiger partial charge in [-0.15, -0.1) is 0 Å². The second-order valence-corrected chi connectivity index (χ2v) is 13.4. The van der Waals surface area contributed by atoms with Gasteiger partial charge in [-0.25, -0.2) is 8.42 Å². The first kappa shape index (κ1) is 31.4. The van der Waals surface area contributed by atoms with E-state index in [-0.39, 0.29) is 34.1 Å². The fourth-order valence-electron chi connectivity index (χ4n) is 4.73. The molecular formula is C29H29Cl4N3O4S. The fraction of sp³-hybridized carbons (Fsp3) is 0.310. The average molecular weight is 657 g/mol. The Balaban J connectivity index is 1.71. The van der Waals surface area contributed by atoms with Crippen LogP contribution in [0.2, 0.25) is 20.1 Å². The number of carbonyl (C=O) groups excluding carboxylic acids is 2. The van der Waals surface area contributed by atoms with Gasteiger partial charge in [0.25, 0.3) is 10.0 Å². The van der Waals surface area contributed by atoms with E-state index in [1.165, 1.54) is 35.2 Å². The number of rotatable bonds is 10. The third kappa shape index (κ3) is 7.67. The number of anilines is 1. The summed E-state index contributed by atoms with van der Waals surface area (Å²) in [6, 6.07) is 16.1. The minimum Gasteiger partial charge on any atom is -0.352 e. The highest BCUT2D eigenvalue weighted by molar-refractivity contribution is 7.92. The summed E-state index contributed by atoms with van der Waals surface area (Å²) in [5.74, 6) is -0.942. The number of nitrogens with zero attached hydrogens (tertiary/aromatic N) is 2. The van der Waals surface area contributed by atoms with Crippen LogP contribution in [0.1, 0.15) is 38.2 Å². The first-order chi connectivity index (χ1) is 19.5. The predicted molar refractivity (Wildman–Crippen MR) is 164 cm³/mol. The molecule has 0 radical (unpaired) electrons. The van der Waals surface area contributed by atoms with Gasteiger partial charge in [0, 0.05) is 17.6 Å². The van der Waals surface area contributed by atoms with Crippen LogP contribution in [0.5, 0.6) is 0 Å². The van der Waals surface area contributed by atoms with Gasteiger partial charge in [-0.2, -0.15) is 0 Å². The summed E-state index contributed by atoms with van der Waals surface area (Å²) in [5, 5.41) is 4.02. The molecule has 1 aliphatic rings. The summed E-state index contributed by atoms with van der Waals surface area (Å²) >= 11 is 24.8. The smallest absolute Gasteiger partial charge is 0.264 e. The number of sulfonamides is 1. The van der Waals surface area contributed by atoms with Crippen molar-refractivity contribution in [2.45, 2.75) is 56.1 Å². The van der Waals surface area contributed by atoms with Gasteiger partial charge < -0.3 is 10.2 Å². The van der Waals surface area contributed by atoms with Gasteiger partial charge >= 0.3 is 0 Å². The van der Waals surface area contributed by atoms with Crippen molar-refractivity contribution in [1.29, 1.82) is 0 Å². The molecule has 3 aromatic rings. The lowest BCUT2D eigenvalue weighted by molar-refractivity contribution is -0.139. The Morgan fingerprint density at radius 2 is 1.59 bits per heavy atom. The molecule has 12 heteroatoms. The van der Waals surface area contributed by atoms with Crippen LogP contribution in [0.4, 0.5) is 5.69 Å². The maximum atomic E-state index is 14.0. The zero-order valence-electron chi connectivity index (χ0n) is 22.2. The lowest BCUT2D eigenvalue weighted by atomic mass is 10.1. The SMILES string of the molecule is C[C@@H](C(=O)NC1CCCC1)N(Cc1ccc(Cl)c(Cl)c1)C(=O)CN(c1ccc(Cl)cc1Cl)S(=O)(=O)c1ccccc1. The maximum absolute atomic E-state index is 14.0. The van der Waals surface area contributed by atoms with E-state index < -0.39 is 28.5 Å². The Labute approximate surface area is 260 Å². The summed E-state index contributed by atoms with van der Waals surface area (Å²) in [6.45, 7) is 0.981. The van der Waals surface area contributed by atoms with Gasteiger partial charge in [0.15, 0.2) is 0 Å². The molecule has 0 spiro atoms. The molecule has 218 valence electrons. The molecule has 1 atom stereocenters. The summed E-state index contributed by atoms with van der Waals surface area (Å²) in [7, 11) is -4.25. The fourth-order valence-corrected chi connectivity index (χ4v) is 7.06. The highest BCUT2D eigenvalue weighted by Crippen LogP contribution is 2.33. The van der Waals surface area contributed by atoms with E-state index in [1.54, 1.807) is 43.3 Å². The standard InChI is InChI=1S/C29H29Cl4N3O4S/c1-19(29(38)34-22-7-5-6-8-22)35(17-20-11-13-24(31)25(32)15-20)28(37)18-36(27-14-12-21(30)16-26(27)33)41(39,40)23-9-3-2-4-10-23/h2-4,9-16,19,22H,5-8,17-18H2,1H3,(H,34,38)/t19-/m0/s1. The van der Waals surface area contributed by atoms with E-state index in [2.05, 4.69) is 5.32 Å². The molecule has 2 amide bonds. The lowest BCUT2D eigenvalue weighted by Gasteiger charge is -2.32. The van der Waals surface area contributed by atoms with Crippen molar-refractivity contribution in [1.82, 2.24) is 10.2 Å². The molecular weight excluding hydrogens is 628 g/mol.